The SMILES string of the molecule is COc1cccc(C)c1NC(=O)NCCS(=O)(=O)N(C)C. The number of amides is 2. The van der Waals surface area contributed by atoms with Crippen LogP contribution in [0.3, 0.4) is 0 Å². The van der Waals surface area contributed by atoms with E-state index in [1.165, 1.54) is 21.2 Å². The summed E-state index contributed by atoms with van der Waals surface area (Å²) in [6.45, 7) is 1.87. The lowest BCUT2D eigenvalue weighted by molar-refractivity contribution is 0.252. The molecule has 0 atom stereocenters. The Kier molecular flexibility index (Phi) is 5.98. The predicted molar refractivity (Wildman–Crippen MR) is 82.2 cm³/mol. The van der Waals surface area contributed by atoms with Gasteiger partial charge in [-0.05, 0) is 18.6 Å². The maximum Gasteiger partial charge on any atom is 0.319 e. The van der Waals surface area contributed by atoms with E-state index in [9.17, 15) is 13.2 Å². The molecule has 2 amide bonds. The third kappa shape index (κ3) is 4.91. The van der Waals surface area contributed by atoms with Crippen LogP contribution in [0.2, 0.25) is 0 Å². The summed E-state index contributed by atoms with van der Waals surface area (Å²) >= 11 is 0. The smallest absolute Gasteiger partial charge is 0.319 e. The number of ether oxygens (including phenoxy) is 1. The number of nitrogens with one attached hydrogen (secondary N) is 2. The van der Waals surface area contributed by atoms with Crippen LogP contribution in [-0.4, -0.2) is 52.3 Å². The predicted octanol–water partition coefficient (Wildman–Crippen LogP) is 1.02. The first kappa shape index (κ1) is 17.3. The van der Waals surface area contributed by atoms with E-state index < -0.39 is 16.1 Å². The third-order valence-electron chi connectivity index (χ3n) is 2.89. The van der Waals surface area contributed by atoms with Crippen molar-refractivity contribution in [1.82, 2.24) is 9.62 Å². The van der Waals surface area contributed by atoms with Crippen LogP contribution < -0.4 is 15.4 Å². The summed E-state index contributed by atoms with van der Waals surface area (Å²) in [6, 6.07) is 4.92. The highest BCUT2D eigenvalue weighted by atomic mass is 32.2. The van der Waals surface area contributed by atoms with Crippen LogP contribution in [0.1, 0.15) is 5.56 Å². The number of nitrogens with zero attached hydrogens (tertiary/aromatic N) is 1. The van der Waals surface area contributed by atoms with Crippen molar-refractivity contribution in [3.8, 4) is 5.75 Å². The summed E-state index contributed by atoms with van der Waals surface area (Å²) in [5, 5.41) is 5.17. The van der Waals surface area contributed by atoms with Gasteiger partial charge in [-0.15, -0.1) is 0 Å². The van der Waals surface area contributed by atoms with Gasteiger partial charge in [0.15, 0.2) is 0 Å². The van der Waals surface area contributed by atoms with Gasteiger partial charge in [0.25, 0.3) is 0 Å². The molecule has 1 rings (SSSR count). The quantitative estimate of drug-likeness (QED) is 0.820. The second kappa shape index (κ2) is 7.28. The number of para-hydroxylation sites is 1. The van der Waals surface area contributed by atoms with E-state index in [1.807, 2.05) is 19.1 Å². The van der Waals surface area contributed by atoms with Crippen molar-refractivity contribution in [2.45, 2.75) is 6.92 Å². The average Bonchev–Trinajstić information content (AvgIpc) is 2.40. The second-order valence-corrected chi connectivity index (χ2v) is 6.93. The summed E-state index contributed by atoms with van der Waals surface area (Å²) < 4.78 is 29.4. The number of benzene rings is 1. The highest BCUT2D eigenvalue weighted by molar-refractivity contribution is 7.89. The molecular formula is C13H21N3O4S. The fraction of sp³-hybridized carbons (Fsp3) is 0.462. The Labute approximate surface area is 125 Å². The molecule has 7 nitrogen and oxygen atoms in total. The van der Waals surface area contributed by atoms with E-state index in [1.54, 1.807) is 6.07 Å². The normalized spacial score (nSPS) is 11.3. The van der Waals surface area contributed by atoms with Gasteiger partial charge in [-0.1, -0.05) is 12.1 Å². The number of sulfonamides is 1. The Morgan fingerprint density at radius 3 is 2.57 bits per heavy atom. The highest BCUT2D eigenvalue weighted by Crippen LogP contribution is 2.27. The third-order valence-corrected chi connectivity index (χ3v) is 4.73. The van der Waals surface area contributed by atoms with Gasteiger partial charge >= 0.3 is 6.03 Å². The van der Waals surface area contributed by atoms with Crippen LogP contribution in [0.4, 0.5) is 10.5 Å². The van der Waals surface area contributed by atoms with E-state index in [2.05, 4.69) is 10.6 Å². The Morgan fingerprint density at radius 2 is 2.00 bits per heavy atom. The molecule has 0 aliphatic carbocycles. The largest absolute Gasteiger partial charge is 0.495 e. The molecule has 0 saturated carbocycles. The summed E-state index contributed by atoms with van der Waals surface area (Å²) in [6.07, 6.45) is 0. The first-order chi connectivity index (χ1) is 9.77. The number of rotatable bonds is 6. The summed E-state index contributed by atoms with van der Waals surface area (Å²) in [4.78, 5) is 11.8. The van der Waals surface area contributed by atoms with Crippen molar-refractivity contribution < 1.29 is 17.9 Å². The van der Waals surface area contributed by atoms with Gasteiger partial charge in [0.05, 0.1) is 18.6 Å². The molecule has 0 heterocycles. The molecule has 0 spiro atoms. The molecule has 118 valence electrons. The molecule has 21 heavy (non-hydrogen) atoms. The molecule has 8 heteroatoms. The minimum atomic E-state index is -3.32. The van der Waals surface area contributed by atoms with Crippen LogP contribution >= 0.6 is 0 Å². The van der Waals surface area contributed by atoms with Gasteiger partial charge in [0.1, 0.15) is 5.75 Å². The van der Waals surface area contributed by atoms with Crippen molar-refractivity contribution in [2.75, 3.05) is 38.8 Å². The first-order valence-electron chi connectivity index (χ1n) is 6.36. The monoisotopic (exact) mass is 315 g/mol. The highest BCUT2D eigenvalue weighted by Gasteiger charge is 2.14. The number of carbonyl (C=O) groups excluding carboxylic acids is 1. The van der Waals surface area contributed by atoms with E-state index in [-0.39, 0.29) is 12.3 Å². The number of aryl methyl sites for hydroxylation is 1. The van der Waals surface area contributed by atoms with Gasteiger partial charge in [0, 0.05) is 20.6 Å². The second-order valence-electron chi connectivity index (χ2n) is 4.63. The number of methoxy groups -OCH3 is 1. The topological polar surface area (TPSA) is 87.7 Å². The van der Waals surface area contributed by atoms with Gasteiger partial charge in [0.2, 0.25) is 10.0 Å². The summed E-state index contributed by atoms with van der Waals surface area (Å²) in [5.41, 5.74) is 1.42. The molecule has 1 aromatic carbocycles. The first-order valence-corrected chi connectivity index (χ1v) is 7.97. The minimum Gasteiger partial charge on any atom is -0.495 e. The summed E-state index contributed by atoms with van der Waals surface area (Å²) in [7, 11) is 1.10. The lowest BCUT2D eigenvalue weighted by Crippen LogP contribution is -2.36. The average molecular weight is 315 g/mol. The van der Waals surface area contributed by atoms with Crippen LogP contribution in [0.15, 0.2) is 18.2 Å². The maximum absolute atomic E-state index is 11.8. The maximum atomic E-state index is 11.8. The summed E-state index contributed by atoms with van der Waals surface area (Å²) in [5.74, 6) is 0.393. The molecule has 0 radical (unpaired) electrons. The molecule has 0 aromatic heterocycles. The van der Waals surface area contributed by atoms with Crippen molar-refractivity contribution in [2.24, 2.45) is 0 Å². The van der Waals surface area contributed by atoms with Crippen molar-refractivity contribution >= 4 is 21.7 Å². The van der Waals surface area contributed by atoms with Crippen LogP contribution in [0.5, 0.6) is 5.75 Å². The number of anilines is 1. The standard InChI is InChI=1S/C13H21N3O4S/c1-10-6-5-7-11(20-4)12(10)15-13(17)14-8-9-21(18,19)16(2)3/h5-7H,8-9H2,1-4H3,(H2,14,15,17). The number of hydrogen-bond acceptors (Lipinski definition) is 4. The lowest BCUT2D eigenvalue weighted by Gasteiger charge is -2.14. The molecule has 0 unspecified atom stereocenters. The molecule has 0 fully saturated rings. The van der Waals surface area contributed by atoms with E-state index in [0.29, 0.717) is 11.4 Å². The van der Waals surface area contributed by atoms with Crippen LogP contribution in [-0.2, 0) is 10.0 Å². The van der Waals surface area contributed by atoms with E-state index in [4.69, 9.17) is 4.74 Å². The molecule has 0 saturated heterocycles. The fourth-order valence-corrected chi connectivity index (χ4v) is 2.33. The number of hydrogen-bond donors (Lipinski definition) is 2. The van der Waals surface area contributed by atoms with Crippen molar-refractivity contribution in [3.05, 3.63) is 23.8 Å². The zero-order valence-corrected chi connectivity index (χ0v) is 13.5. The zero-order valence-electron chi connectivity index (χ0n) is 12.6. The zero-order chi connectivity index (χ0) is 16.0. The van der Waals surface area contributed by atoms with E-state index in [0.717, 1.165) is 9.87 Å². The molecule has 0 aliphatic rings. The molecule has 0 bridgehead atoms. The Balaban J connectivity index is 2.60. The lowest BCUT2D eigenvalue weighted by atomic mass is 10.2. The van der Waals surface area contributed by atoms with E-state index >= 15 is 0 Å². The van der Waals surface area contributed by atoms with Crippen molar-refractivity contribution in [3.63, 3.8) is 0 Å². The van der Waals surface area contributed by atoms with Gasteiger partial charge < -0.3 is 15.4 Å². The molecule has 0 aliphatic heterocycles. The van der Waals surface area contributed by atoms with Crippen LogP contribution in [0, 0.1) is 6.92 Å². The Hall–Kier alpha value is -1.80. The number of urea groups is 1. The Morgan fingerprint density at radius 1 is 1.33 bits per heavy atom. The van der Waals surface area contributed by atoms with Crippen molar-refractivity contribution in [1.29, 1.82) is 0 Å². The molecule has 2 N–H and O–H groups in total. The molecular weight excluding hydrogens is 294 g/mol. The van der Waals surface area contributed by atoms with Gasteiger partial charge in [-0.2, -0.15) is 0 Å². The van der Waals surface area contributed by atoms with Gasteiger partial charge in [-0.3, -0.25) is 0 Å². The number of carbonyl (C=O) groups is 1. The Bertz CT molecular complexity index is 599. The fourth-order valence-electron chi connectivity index (χ4n) is 1.60. The van der Waals surface area contributed by atoms with Crippen LogP contribution in [0.25, 0.3) is 0 Å². The minimum absolute atomic E-state index is 0.0283. The molecule has 1 aromatic rings. The van der Waals surface area contributed by atoms with Gasteiger partial charge in [-0.25, -0.2) is 17.5 Å².